The maximum atomic E-state index is 12.9. The largest absolute Gasteiger partial charge is 0.385 e. The molecule has 1 aromatic carbocycles. The Kier molecular flexibility index (Phi) is 7.11. The topological polar surface area (TPSA) is 87.7 Å². The Hall–Kier alpha value is -2.58. The molecule has 0 saturated carbocycles. The molecule has 0 radical (unpaired) electrons. The number of carbonyl (C=O) groups is 2. The van der Waals surface area contributed by atoms with Gasteiger partial charge >= 0.3 is 0 Å². The molecule has 8 nitrogen and oxygen atoms in total. The van der Waals surface area contributed by atoms with Crippen LogP contribution in [0.4, 0.5) is 0 Å². The van der Waals surface area contributed by atoms with E-state index in [1.165, 1.54) is 0 Å². The second kappa shape index (κ2) is 9.76. The number of aromatic nitrogens is 2. The smallest absolute Gasteiger partial charge is 0.254 e. The van der Waals surface area contributed by atoms with E-state index in [9.17, 15) is 9.59 Å². The van der Waals surface area contributed by atoms with E-state index in [0.29, 0.717) is 51.4 Å². The molecule has 3 rings (SSSR count). The van der Waals surface area contributed by atoms with Crippen molar-refractivity contribution in [2.24, 2.45) is 0 Å². The molecule has 2 aromatic rings. The van der Waals surface area contributed by atoms with Gasteiger partial charge in [-0.3, -0.25) is 14.5 Å². The number of aryl methyl sites for hydroxylation is 2. The predicted octanol–water partition coefficient (Wildman–Crippen LogP) is 1.16. The number of rotatable bonds is 7. The number of piperazine rings is 1. The first-order chi connectivity index (χ1) is 14.0. The molecule has 8 heteroatoms. The molecule has 0 spiro atoms. The van der Waals surface area contributed by atoms with Crippen molar-refractivity contribution < 1.29 is 14.3 Å². The summed E-state index contributed by atoms with van der Waals surface area (Å²) < 4.78 is 4.97. The van der Waals surface area contributed by atoms with Crippen LogP contribution >= 0.6 is 0 Å². The molecular formula is C21H29N5O3. The van der Waals surface area contributed by atoms with Crippen molar-refractivity contribution in [2.75, 3.05) is 53.0 Å². The molecule has 1 aliphatic rings. The Morgan fingerprint density at radius 1 is 1.07 bits per heavy atom. The van der Waals surface area contributed by atoms with Crippen LogP contribution in [0.3, 0.4) is 0 Å². The molecule has 1 saturated heterocycles. The van der Waals surface area contributed by atoms with Crippen molar-refractivity contribution in [3.05, 3.63) is 35.2 Å². The van der Waals surface area contributed by atoms with E-state index < -0.39 is 0 Å². The van der Waals surface area contributed by atoms with Crippen molar-refractivity contribution in [2.45, 2.75) is 20.3 Å². The number of hydrogen-bond acceptors (Lipinski definition) is 6. The maximum Gasteiger partial charge on any atom is 0.254 e. The molecular weight excluding hydrogens is 370 g/mol. The first-order valence-electron chi connectivity index (χ1n) is 10.00. The summed E-state index contributed by atoms with van der Waals surface area (Å²) in [7, 11) is 1.65. The summed E-state index contributed by atoms with van der Waals surface area (Å²) in [6.45, 7) is 8.04. The lowest BCUT2D eigenvalue weighted by Crippen LogP contribution is -2.51. The summed E-state index contributed by atoms with van der Waals surface area (Å²) >= 11 is 0. The minimum absolute atomic E-state index is 0.00408. The van der Waals surface area contributed by atoms with Crippen LogP contribution in [0.25, 0.3) is 11.0 Å². The predicted molar refractivity (Wildman–Crippen MR) is 111 cm³/mol. The van der Waals surface area contributed by atoms with Crippen LogP contribution in [0.1, 0.15) is 28.2 Å². The number of carbonyl (C=O) groups excluding carboxylic acids is 2. The number of methoxy groups -OCH3 is 1. The SMILES string of the molecule is COCCCNC(=O)CN1CCN(C(=O)c2ccc3nc(C)c(C)nc3c2)CC1. The summed E-state index contributed by atoms with van der Waals surface area (Å²) in [4.78, 5) is 37.9. The lowest BCUT2D eigenvalue weighted by molar-refractivity contribution is -0.122. The lowest BCUT2D eigenvalue weighted by Gasteiger charge is -2.34. The number of nitrogens with one attached hydrogen (secondary N) is 1. The van der Waals surface area contributed by atoms with Gasteiger partial charge < -0.3 is 15.0 Å². The molecule has 0 bridgehead atoms. The molecule has 1 aliphatic heterocycles. The number of ether oxygens (including phenoxy) is 1. The molecule has 1 N–H and O–H groups in total. The van der Waals surface area contributed by atoms with Gasteiger partial charge in [0.25, 0.3) is 5.91 Å². The van der Waals surface area contributed by atoms with E-state index in [-0.39, 0.29) is 11.8 Å². The van der Waals surface area contributed by atoms with Gasteiger partial charge in [-0.2, -0.15) is 0 Å². The zero-order valence-corrected chi connectivity index (χ0v) is 17.4. The molecule has 1 aromatic heterocycles. The Balaban J connectivity index is 1.53. The highest BCUT2D eigenvalue weighted by Crippen LogP contribution is 2.16. The quantitative estimate of drug-likeness (QED) is 0.703. The van der Waals surface area contributed by atoms with Crippen molar-refractivity contribution in [3.63, 3.8) is 0 Å². The average molecular weight is 399 g/mol. The van der Waals surface area contributed by atoms with Gasteiger partial charge in [0.05, 0.1) is 29.0 Å². The third kappa shape index (κ3) is 5.48. The normalized spacial score (nSPS) is 14.9. The van der Waals surface area contributed by atoms with E-state index in [0.717, 1.165) is 28.8 Å². The van der Waals surface area contributed by atoms with Crippen LogP contribution in [0.2, 0.25) is 0 Å². The summed E-state index contributed by atoms with van der Waals surface area (Å²) in [5.41, 5.74) is 3.93. The molecule has 2 amide bonds. The fraction of sp³-hybridized carbons (Fsp3) is 0.524. The number of fused-ring (bicyclic) bond motifs is 1. The van der Waals surface area contributed by atoms with Gasteiger partial charge in [-0.05, 0) is 38.5 Å². The fourth-order valence-electron chi connectivity index (χ4n) is 3.36. The Morgan fingerprint density at radius 2 is 1.76 bits per heavy atom. The van der Waals surface area contributed by atoms with Gasteiger partial charge in [-0.1, -0.05) is 0 Å². The van der Waals surface area contributed by atoms with E-state index >= 15 is 0 Å². The zero-order valence-electron chi connectivity index (χ0n) is 17.4. The van der Waals surface area contributed by atoms with Gasteiger partial charge in [-0.15, -0.1) is 0 Å². The lowest BCUT2D eigenvalue weighted by atomic mass is 10.1. The number of nitrogens with zero attached hydrogens (tertiary/aromatic N) is 4. The van der Waals surface area contributed by atoms with E-state index in [4.69, 9.17) is 4.74 Å². The maximum absolute atomic E-state index is 12.9. The average Bonchev–Trinajstić information content (AvgIpc) is 2.72. The van der Waals surface area contributed by atoms with Crippen molar-refractivity contribution >= 4 is 22.8 Å². The number of benzene rings is 1. The van der Waals surface area contributed by atoms with Crippen LogP contribution in [0, 0.1) is 13.8 Å². The van der Waals surface area contributed by atoms with Gasteiger partial charge in [0.2, 0.25) is 5.91 Å². The minimum atomic E-state index is -0.00408. The molecule has 0 aliphatic carbocycles. The van der Waals surface area contributed by atoms with Gasteiger partial charge in [-0.25, -0.2) is 9.97 Å². The standard InChI is InChI=1S/C21H29N5O3/c1-15-16(2)24-19-13-17(5-6-18(19)23-15)21(28)26-10-8-25(9-11-26)14-20(27)22-7-4-12-29-3/h5-6,13H,4,7-12,14H2,1-3H3,(H,22,27). The zero-order chi connectivity index (χ0) is 20.8. The molecule has 0 unspecified atom stereocenters. The Bertz CT molecular complexity index is 878. The molecule has 2 heterocycles. The van der Waals surface area contributed by atoms with E-state index in [1.54, 1.807) is 7.11 Å². The van der Waals surface area contributed by atoms with Crippen LogP contribution in [0.15, 0.2) is 18.2 Å². The summed E-state index contributed by atoms with van der Waals surface area (Å²) in [5, 5.41) is 2.90. The second-order valence-corrected chi connectivity index (χ2v) is 7.36. The van der Waals surface area contributed by atoms with Crippen LogP contribution in [0.5, 0.6) is 0 Å². The third-order valence-corrected chi connectivity index (χ3v) is 5.20. The van der Waals surface area contributed by atoms with Gasteiger partial charge in [0, 0.05) is 52.0 Å². The molecule has 1 fully saturated rings. The van der Waals surface area contributed by atoms with Crippen molar-refractivity contribution in [1.82, 2.24) is 25.1 Å². The summed E-state index contributed by atoms with van der Waals surface area (Å²) in [5.74, 6) is 0.00948. The minimum Gasteiger partial charge on any atom is -0.385 e. The summed E-state index contributed by atoms with van der Waals surface area (Å²) in [6.07, 6.45) is 0.805. The van der Waals surface area contributed by atoms with Crippen molar-refractivity contribution in [1.29, 1.82) is 0 Å². The van der Waals surface area contributed by atoms with Crippen LogP contribution < -0.4 is 5.32 Å². The Morgan fingerprint density at radius 3 is 2.45 bits per heavy atom. The van der Waals surface area contributed by atoms with E-state index in [2.05, 4.69) is 20.2 Å². The first-order valence-corrected chi connectivity index (χ1v) is 10.00. The second-order valence-electron chi connectivity index (χ2n) is 7.36. The van der Waals surface area contributed by atoms with Crippen LogP contribution in [-0.4, -0.2) is 84.6 Å². The molecule has 29 heavy (non-hydrogen) atoms. The third-order valence-electron chi connectivity index (χ3n) is 5.20. The van der Waals surface area contributed by atoms with Crippen molar-refractivity contribution in [3.8, 4) is 0 Å². The van der Waals surface area contributed by atoms with Gasteiger partial charge in [0.1, 0.15) is 0 Å². The molecule has 0 atom stereocenters. The molecule has 156 valence electrons. The highest BCUT2D eigenvalue weighted by Gasteiger charge is 2.23. The van der Waals surface area contributed by atoms with E-state index in [1.807, 2.05) is 36.9 Å². The Labute approximate surface area is 171 Å². The van der Waals surface area contributed by atoms with Gasteiger partial charge in [0.15, 0.2) is 0 Å². The number of hydrogen-bond donors (Lipinski definition) is 1. The first kappa shape index (κ1) is 21.1. The highest BCUT2D eigenvalue weighted by molar-refractivity contribution is 5.97. The monoisotopic (exact) mass is 399 g/mol. The highest BCUT2D eigenvalue weighted by atomic mass is 16.5. The fourth-order valence-corrected chi connectivity index (χ4v) is 3.36. The summed E-state index contributed by atoms with van der Waals surface area (Å²) in [6, 6.07) is 5.48. The van der Waals surface area contributed by atoms with Crippen LogP contribution in [-0.2, 0) is 9.53 Å². The number of amides is 2.